The SMILES string of the molecule is O=C(CSCc1ccc(Cl)cc1)Nc1ccccc1Cl. The van der Waals surface area contributed by atoms with E-state index in [1.165, 1.54) is 0 Å². The molecular formula is C15H13Cl2NOS. The summed E-state index contributed by atoms with van der Waals surface area (Å²) in [6.07, 6.45) is 0. The Hall–Kier alpha value is -1.16. The quantitative estimate of drug-likeness (QED) is 0.850. The van der Waals surface area contributed by atoms with Crippen LogP contribution in [-0.2, 0) is 10.5 Å². The Morgan fingerprint density at radius 2 is 1.75 bits per heavy atom. The number of hydrogen-bond acceptors (Lipinski definition) is 2. The predicted octanol–water partition coefficient (Wildman–Crippen LogP) is 4.87. The number of rotatable bonds is 5. The molecular weight excluding hydrogens is 313 g/mol. The Morgan fingerprint density at radius 1 is 1.05 bits per heavy atom. The molecule has 2 aromatic rings. The van der Waals surface area contributed by atoms with Gasteiger partial charge in [0, 0.05) is 10.8 Å². The first-order valence-corrected chi connectivity index (χ1v) is 7.93. The Kier molecular flexibility index (Phi) is 5.77. The van der Waals surface area contributed by atoms with Crippen LogP contribution in [0.5, 0.6) is 0 Å². The van der Waals surface area contributed by atoms with Crippen molar-refractivity contribution in [3.05, 3.63) is 64.1 Å². The van der Waals surface area contributed by atoms with E-state index in [-0.39, 0.29) is 5.91 Å². The van der Waals surface area contributed by atoms with Crippen LogP contribution in [0.1, 0.15) is 5.56 Å². The van der Waals surface area contributed by atoms with Gasteiger partial charge >= 0.3 is 0 Å². The molecule has 20 heavy (non-hydrogen) atoms. The highest BCUT2D eigenvalue weighted by Crippen LogP contribution is 2.21. The minimum absolute atomic E-state index is 0.0583. The van der Waals surface area contributed by atoms with Crippen molar-refractivity contribution in [2.75, 3.05) is 11.1 Å². The first kappa shape index (κ1) is 15.2. The van der Waals surface area contributed by atoms with Crippen LogP contribution < -0.4 is 5.32 Å². The predicted molar refractivity (Wildman–Crippen MR) is 87.7 cm³/mol. The van der Waals surface area contributed by atoms with Gasteiger partial charge in [0.2, 0.25) is 5.91 Å². The summed E-state index contributed by atoms with van der Waals surface area (Å²) < 4.78 is 0. The molecule has 0 atom stereocenters. The number of nitrogens with one attached hydrogen (secondary N) is 1. The molecule has 0 heterocycles. The maximum Gasteiger partial charge on any atom is 0.234 e. The number of amides is 1. The van der Waals surface area contributed by atoms with Gasteiger partial charge in [0.05, 0.1) is 16.5 Å². The van der Waals surface area contributed by atoms with E-state index in [1.54, 1.807) is 23.9 Å². The van der Waals surface area contributed by atoms with Gasteiger partial charge in [-0.1, -0.05) is 47.5 Å². The fourth-order valence-corrected chi connectivity index (χ4v) is 2.69. The monoisotopic (exact) mass is 325 g/mol. The molecule has 0 aromatic heterocycles. The Morgan fingerprint density at radius 3 is 2.45 bits per heavy atom. The highest BCUT2D eigenvalue weighted by atomic mass is 35.5. The molecule has 0 saturated carbocycles. The molecule has 0 fully saturated rings. The van der Waals surface area contributed by atoms with Gasteiger partial charge in [0.15, 0.2) is 0 Å². The van der Waals surface area contributed by atoms with Crippen LogP contribution in [0, 0.1) is 0 Å². The highest BCUT2D eigenvalue weighted by molar-refractivity contribution is 7.99. The summed E-state index contributed by atoms with van der Waals surface area (Å²) in [6.45, 7) is 0. The van der Waals surface area contributed by atoms with Gasteiger partial charge in [0.25, 0.3) is 0 Å². The maximum absolute atomic E-state index is 11.8. The van der Waals surface area contributed by atoms with Crippen LogP contribution in [0.25, 0.3) is 0 Å². The van der Waals surface area contributed by atoms with Gasteiger partial charge in [-0.05, 0) is 29.8 Å². The number of carbonyl (C=O) groups excluding carboxylic acids is 1. The van der Waals surface area contributed by atoms with Gasteiger partial charge < -0.3 is 5.32 Å². The fourth-order valence-electron chi connectivity index (χ4n) is 1.59. The third-order valence-electron chi connectivity index (χ3n) is 2.56. The summed E-state index contributed by atoms with van der Waals surface area (Å²) >= 11 is 13.3. The van der Waals surface area contributed by atoms with Gasteiger partial charge in [-0.15, -0.1) is 11.8 Å². The number of carbonyl (C=O) groups is 1. The number of para-hydroxylation sites is 1. The molecule has 2 rings (SSSR count). The lowest BCUT2D eigenvalue weighted by Crippen LogP contribution is -2.14. The molecule has 0 aliphatic carbocycles. The lowest BCUT2D eigenvalue weighted by Gasteiger charge is -2.06. The normalized spacial score (nSPS) is 10.3. The zero-order valence-corrected chi connectivity index (χ0v) is 12.9. The van der Waals surface area contributed by atoms with Crippen molar-refractivity contribution in [1.82, 2.24) is 0 Å². The van der Waals surface area contributed by atoms with E-state index < -0.39 is 0 Å². The Labute approximate surface area is 132 Å². The molecule has 0 radical (unpaired) electrons. The van der Waals surface area contributed by atoms with Crippen LogP contribution in [0.2, 0.25) is 10.0 Å². The number of halogens is 2. The molecule has 0 aliphatic heterocycles. The van der Waals surface area contributed by atoms with Crippen LogP contribution in [-0.4, -0.2) is 11.7 Å². The molecule has 5 heteroatoms. The van der Waals surface area contributed by atoms with E-state index in [0.29, 0.717) is 16.5 Å². The molecule has 104 valence electrons. The highest BCUT2D eigenvalue weighted by Gasteiger charge is 2.05. The zero-order valence-electron chi connectivity index (χ0n) is 10.6. The van der Waals surface area contributed by atoms with E-state index in [0.717, 1.165) is 16.3 Å². The van der Waals surface area contributed by atoms with Crippen LogP contribution in [0.3, 0.4) is 0 Å². The molecule has 1 amide bonds. The van der Waals surface area contributed by atoms with Crippen molar-refractivity contribution in [3.63, 3.8) is 0 Å². The lowest BCUT2D eigenvalue weighted by atomic mass is 10.2. The molecule has 0 unspecified atom stereocenters. The van der Waals surface area contributed by atoms with Crippen molar-refractivity contribution < 1.29 is 4.79 Å². The number of benzene rings is 2. The van der Waals surface area contributed by atoms with Gasteiger partial charge in [0.1, 0.15) is 0 Å². The van der Waals surface area contributed by atoms with Gasteiger partial charge in [-0.3, -0.25) is 4.79 Å². The molecule has 0 spiro atoms. The molecule has 0 bridgehead atoms. The summed E-state index contributed by atoms with van der Waals surface area (Å²) in [5.74, 6) is 1.10. The van der Waals surface area contributed by atoms with Crippen LogP contribution in [0.15, 0.2) is 48.5 Å². The Bertz CT molecular complexity index is 587. The number of anilines is 1. The van der Waals surface area contributed by atoms with Crippen molar-refractivity contribution >= 4 is 46.6 Å². The van der Waals surface area contributed by atoms with Crippen LogP contribution in [0.4, 0.5) is 5.69 Å². The minimum Gasteiger partial charge on any atom is -0.324 e. The first-order valence-electron chi connectivity index (χ1n) is 6.02. The Balaban J connectivity index is 1.78. The van der Waals surface area contributed by atoms with Gasteiger partial charge in [-0.2, -0.15) is 0 Å². The lowest BCUT2D eigenvalue weighted by molar-refractivity contribution is -0.113. The van der Waals surface area contributed by atoms with Crippen LogP contribution >= 0.6 is 35.0 Å². The van der Waals surface area contributed by atoms with E-state index in [4.69, 9.17) is 23.2 Å². The molecule has 0 saturated heterocycles. The van der Waals surface area contributed by atoms with Gasteiger partial charge in [-0.25, -0.2) is 0 Å². The van der Waals surface area contributed by atoms with Crippen molar-refractivity contribution in [3.8, 4) is 0 Å². The first-order chi connectivity index (χ1) is 9.65. The number of thioether (sulfide) groups is 1. The summed E-state index contributed by atoms with van der Waals surface area (Å²) in [6, 6.07) is 14.8. The molecule has 2 aromatic carbocycles. The second kappa shape index (κ2) is 7.58. The average Bonchev–Trinajstić information content (AvgIpc) is 2.44. The zero-order chi connectivity index (χ0) is 14.4. The van der Waals surface area contributed by atoms with E-state index >= 15 is 0 Å². The van der Waals surface area contributed by atoms with Crippen molar-refractivity contribution in [2.45, 2.75) is 5.75 Å². The molecule has 2 nitrogen and oxygen atoms in total. The summed E-state index contributed by atoms with van der Waals surface area (Å²) in [5.41, 5.74) is 1.79. The maximum atomic E-state index is 11.8. The van der Waals surface area contributed by atoms with Crippen molar-refractivity contribution in [1.29, 1.82) is 0 Å². The largest absolute Gasteiger partial charge is 0.324 e. The van der Waals surface area contributed by atoms with Crippen molar-refractivity contribution in [2.24, 2.45) is 0 Å². The average molecular weight is 326 g/mol. The molecule has 0 aliphatic rings. The third-order valence-corrected chi connectivity index (χ3v) is 4.15. The summed E-state index contributed by atoms with van der Waals surface area (Å²) in [7, 11) is 0. The second-order valence-electron chi connectivity index (χ2n) is 4.15. The third kappa shape index (κ3) is 4.75. The van der Waals surface area contributed by atoms with E-state index in [2.05, 4.69) is 5.32 Å². The fraction of sp³-hybridized carbons (Fsp3) is 0.133. The minimum atomic E-state index is -0.0583. The topological polar surface area (TPSA) is 29.1 Å². The molecule has 1 N–H and O–H groups in total. The second-order valence-corrected chi connectivity index (χ2v) is 5.98. The summed E-state index contributed by atoms with van der Waals surface area (Å²) in [4.78, 5) is 11.8. The number of hydrogen-bond donors (Lipinski definition) is 1. The van der Waals surface area contributed by atoms with E-state index in [9.17, 15) is 4.79 Å². The standard InChI is InChI=1S/C15H13Cl2NOS/c16-12-7-5-11(6-8-12)9-20-10-15(19)18-14-4-2-1-3-13(14)17/h1-8H,9-10H2,(H,18,19). The summed E-state index contributed by atoms with van der Waals surface area (Å²) in [5, 5.41) is 4.06. The van der Waals surface area contributed by atoms with E-state index in [1.807, 2.05) is 36.4 Å². The smallest absolute Gasteiger partial charge is 0.234 e.